The number of hydrogen-bond acceptors (Lipinski definition) is 4. The molecule has 0 atom stereocenters. The van der Waals surface area contributed by atoms with Crippen LogP contribution in [0, 0.1) is 0 Å². The van der Waals surface area contributed by atoms with E-state index < -0.39 is 10.8 Å². The molecule has 0 aromatic carbocycles. The summed E-state index contributed by atoms with van der Waals surface area (Å²) in [6, 6.07) is 0. The van der Waals surface area contributed by atoms with Crippen molar-refractivity contribution in [2.45, 2.75) is 140 Å². The van der Waals surface area contributed by atoms with Crippen molar-refractivity contribution in [3.63, 3.8) is 0 Å². The molecule has 0 N–H and O–H groups in total. The molecule has 0 spiro atoms. The fraction of sp³-hybridized carbons (Fsp3) is 0.923. The molecule has 0 aliphatic heterocycles. The van der Waals surface area contributed by atoms with Crippen molar-refractivity contribution < 1.29 is 19.1 Å². The minimum absolute atomic E-state index is 0.00153. The van der Waals surface area contributed by atoms with Gasteiger partial charge in [-0.1, -0.05) is 116 Å². The van der Waals surface area contributed by atoms with Crippen LogP contribution < -0.4 is 0 Å². The smallest absolute Gasteiger partial charge is 0.306 e. The summed E-state index contributed by atoms with van der Waals surface area (Å²) in [5, 5.41) is 0. The highest BCUT2D eigenvalue weighted by Crippen LogP contribution is 2.14. The van der Waals surface area contributed by atoms with Crippen molar-refractivity contribution in [2.24, 2.45) is 0 Å². The van der Waals surface area contributed by atoms with E-state index in [-0.39, 0.29) is 25.4 Å². The molecule has 6 heteroatoms. The van der Waals surface area contributed by atoms with Gasteiger partial charge in [-0.3, -0.25) is 9.59 Å². The van der Waals surface area contributed by atoms with Crippen molar-refractivity contribution in [3.8, 4) is 0 Å². The van der Waals surface area contributed by atoms with Gasteiger partial charge in [0, 0.05) is 0 Å². The summed E-state index contributed by atoms with van der Waals surface area (Å²) in [4.78, 5) is 22.2. The predicted octanol–water partition coefficient (Wildman–Crippen LogP) is 8.70. The summed E-state index contributed by atoms with van der Waals surface area (Å²) in [5.41, 5.74) is 0. The van der Waals surface area contributed by atoms with Crippen LogP contribution in [0.25, 0.3) is 0 Å². The molecule has 0 fully saturated rings. The van der Waals surface area contributed by atoms with Crippen LogP contribution in [-0.2, 0) is 19.1 Å². The third-order valence-electron chi connectivity index (χ3n) is 5.66. The molecule has 0 aromatic heterocycles. The van der Waals surface area contributed by atoms with E-state index in [1.165, 1.54) is 103 Å². The Morgan fingerprint density at radius 1 is 0.562 bits per heavy atom. The lowest BCUT2D eigenvalue weighted by Gasteiger charge is -2.06. The van der Waals surface area contributed by atoms with Crippen LogP contribution in [0.1, 0.15) is 135 Å². The molecule has 0 aliphatic carbocycles. The number of halogens is 2. The average Bonchev–Trinajstić information content (AvgIpc) is 2.77. The van der Waals surface area contributed by atoms with Crippen LogP contribution in [-0.4, -0.2) is 30.0 Å². The van der Waals surface area contributed by atoms with Crippen molar-refractivity contribution in [3.05, 3.63) is 0 Å². The zero-order valence-corrected chi connectivity index (χ0v) is 22.0. The lowest BCUT2D eigenvalue weighted by Crippen LogP contribution is -2.13. The predicted molar refractivity (Wildman–Crippen MR) is 135 cm³/mol. The molecule has 0 heterocycles. The zero-order chi connectivity index (χ0) is 23.7. The highest BCUT2D eigenvalue weighted by atomic mass is 35.5. The Labute approximate surface area is 207 Å². The lowest BCUT2D eigenvalue weighted by atomic mass is 10.0. The van der Waals surface area contributed by atoms with Crippen LogP contribution in [0.15, 0.2) is 0 Å². The molecule has 0 amide bonds. The van der Waals surface area contributed by atoms with E-state index in [1.807, 2.05) is 0 Å². The Kier molecular flexibility index (Phi) is 24.8. The topological polar surface area (TPSA) is 52.6 Å². The number of carbonyl (C=O) groups excluding carboxylic acids is 2. The second-order valence-corrected chi connectivity index (χ2v) is 10.1. The molecule has 0 aromatic rings. The van der Waals surface area contributed by atoms with Crippen LogP contribution >= 0.6 is 23.2 Å². The summed E-state index contributed by atoms with van der Waals surface area (Å²) < 4.78 is 9.94. The van der Waals surface area contributed by atoms with Gasteiger partial charge in [0.15, 0.2) is 0 Å². The highest BCUT2D eigenvalue weighted by molar-refractivity contribution is 6.44. The summed E-state index contributed by atoms with van der Waals surface area (Å²) >= 11 is 10.9. The second-order valence-electron chi connectivity index (χ2n) is 8.80. The Bertz CT molecular complexity index is 430. The van der Waals surface area contributed by atoms with Crippen molar-refractivity contribution in [2.75, 3.05) is 13.2 Å². The number of rotatable bonds is 24. The van der Waals surface area contributed by atoms with E-state index in [0.29, 0.717) is 6.61 Å². The first-order valence-corrected chi connectivity index (χ1v) is 14.0. The zero-order valence-electron chi connectivity index (χ0n) is 20.5. The Balaban J connectivity index is 3.20. The monoisotopic (exact) mass is 494 g/mol. The summed E-state index contributed by atoms with van der Waals surface area (Å²) in [5.74, 6) is -0.844. The Hall–Kier alpha value is -0.480. The van der Waals surface area contributed by atoms with Crippen molar-refractivity contribution in [1.82, 2.24) is 0 Å². The molecule has 0 saturated heterocycles. The van der Waals surface area contributed by atoms with Gasteiger partial charge < -0.3 is 9.47 Å². The Morgan fingerprint density at radius 3 is 1.28 bits per heavy atom. The quantitative estimate of drug-likeness (QED) is 0.0763. The van der Waals surface area contributed by atoms with Crippen molar-refractivity contribution >= 4 is 35.1 Å². The number of alkyl halides is 2. The molecule has 0 bridgehead atoms. The third kappa shape index (κ3) is 25.8. The first kappa shape index (κ1) is 31.5. The average molecular weight is 496 g/mol. The van der Waals surface area contributed by atoms with Crippen LogP contribution in [0.2, 0.25) is 0 Å². The Morgan fingerprint density at radius 2 is 0.906 bits per heavy atom. The fourth-order valence-electron chi connectivity index (χ4n) is 3.69. The number of hydrogen-bond donors (Lipinski definition) is 0. The molecule has 0 saturated carbocycles. The lowest BCUT2D eigenvalue weighted by molar-refractivity contribution is -0.150. The molecule has 0 unspecified atom stereocenters. The molecular weight excluding hydrogens is 447 g/mol. The van der Waals surface area contributed by atoms with E-state index >= 15 is 0 Å². The van der Waals surface area contributed by atoms with Gasteiger partial charge in [0.1, 0.15) is 11.4 Å². The molecule has 0 radical (unpaired) electrons. The second kappa shape index (κ2) is 25.1. The summed E-state index contributed by atoms with van der Waals surface area (Å²) in [7, 11) is 0. The summed E-state index contributed by atoms with van der Waals surface area (Å²) in [6.45, 7) is 2.64. The molecule has 0 rings (SSSR count). The van der Waals surface area contributed by atoms with E-state index in [4.69, 9.17) is 32.7 Å². The number of esters is 2. The van der Waals surface area contributed by atoms with Gasteiger partial charge in [0.25, 0.3) is 0 Å². The van der Waals surface area contributed by atoms with Crippen LogP contribution in [0.4, 0.5) is 0 Å². The normalized spacial score (nSPS) is 11.1. The summed E-state index contributed by atoms with van der Waals surface area (Å²) in [6.07, 6.45) is 24.0. The minimum atomic E-state index is -0.740. The SMILES string of the molecule is CCCCCCCCCCCCCCCCCCCCOC(=O)CCC(=O)OCC(Cl)Cl. The molecule has 0 aliphatic rings. The number of carbonyl (C=O) groups is 2. The van der Waals surface area contributed by atoms with E-state index in [2.05, 4.69) is 6.92 Å². The van der Waals surface area contributed by atoms with Crippen LogP contribution in [0.3, 0.4) is 0 Å². The number of unbranched alkanes of at least 4 members (excludes halogenated alkanes) is 17. The standard InChI is InChI=1S/C26H48Cl2O4/c1-2-3-4-5-6-7-8-9-10-11-12-13-14-15-16-17-18-19-22-31-25(29)20-21-26(30)32-23-24(27)28/h24H,2-23H2,1H3. The van der Waals surface area contributed by atoms with Gasteiger partial charge >= 0.3 is 11.9 Å². The van der Waals surface area contributed by atoms with Gasteiger partial charge in [-0.05, 0) is 6.42 Å². The molecule has 32 heavy (non-hydrogen) atoms. The van der Waals surface area contributed by atoms with Gasteiger partial charge in [0.2, 0.25) is 0 Å². The van der Waals surface area contributed by atoms with E-state index in [0.717, 1.165) is 12.8 Å². The first-order valence-electron chi connectivity index (χ1n) is 13.2. The van der Waals surface area contributed by atoms with Crippen LogP contribution in [0.5, 0.6) is 0 Å². The molecule has 4 nitrogen and oxygen atoms in total. The van der Waals surface area contributed by atoms with Crippen molar-refractivity contribution in [1.29, 1.82) is 0 Å². The van der Waals surface area contributed by atoms with Gasteiger partial charge in [-0.25, -0.2) is 0 Å². The molecular formula is C26H48Cl2O4. The maximum Gasteiger partial charge on any atom is 0.306 e. The van der Waals surface area contributed by atoms with E-state index in [1.54, 1.807) is 0 Å². The fourth-order valence-corrected chi connectivity index (χ4v) is 3.82. The maximum atomic E-state index is 11.6. The van der Waals surface area contributed by atoms with E-state index in [9.17, 15) is 9.59 Å². The maximum absolute atomic E-state index is 11.6. The third-order valence-corrected chi connectivity index (χ3v) is 5.92. The minimum Gasteiger partial charge on any atom is -0.466 e. The van der Waals surface area contributed by atoms with Gasteiger partial charge in [-0.15, -0.1) is 23.2 Å². The molecule has 190 valence electrons. The largest absolute Gasteiger partial charge is 0.466 e. The van der Waals surface area contributed by atoms with Gasteiger partial charge in [0.05, 0.1) is 19.4 Å². The highest BCUT2D eigenvalue weighted by Gasteiger charge is 2.10. The van der Waals surface area contributed by atoms with Gasteiger partial charge in [-0.2, -0.15) is 0 Å². The first-order chi connectivity index (χ1) is 15.6. The number of ether oxygens (including phenoxy) is 2.